The van der Waals surface area contributed by atoms with Crippen molar-refractivity contribution in [3.05, 3.63) is 36.4 Å². The summed E-state index contributed by atoms with van der Waals surface area (Å²) in [7, 11) is 0. The summed E-state index contributed by atoms with van der Waals surface area (Å²) < 4.78 is 5.53. The number of amides is 2. The zero-order chi connectivity index (χ0) is 15.8. The van der Waals surface area contributed by atoms with Crippen LogP contribution in [0.5, 0.6) is 5.75 Å². The van der Waals surface area contributed by atoms with Crippen LogP contribution in [0.25, 0.3) is 0 Å². The molecule has 5 nitrogen and oxygen atoms in total. The van der Waals surface area contributed by atoms with E-state index in [0.717, 1.165) is 5.57 Å². The van der Waals surface area contributed by atoms with Gasteiger partial charge < -0.3 is 15.0 Å². The van der Waals surface area contributed by atoms with Crippen LogP contribution >= 0.6 is 0 Å². The van der Waals surface area contributed by atoms with Crippen LogP contribution in [-0.4, -0.2) is 36.4 Å². The van der Waals surface area contributed by atoms with E-state index in [1.54, 1.807) is 29.2 Å². The number of anilines is 1. The largest absolute Gasteiger partial charge is 0.482 e. The van der Waals surface area contributed by atoms with Gasteiger partial charge in [0.2, 0.25) is 5.91 Å². The SMILES string of the molecule is C=C(C)CN(CC)C(=O)COc1ccccc1NC(C)=O. The molecule has 1 aromatic carbocycles. The number of hydrogen-bond donors (Lipinski definition) is 1. The number of nitrogens with one attached hydrogen (secondary N) is 1. The minimum absolute atomic E-state index is 0.0717. The number of ether oxygens (including phenoxy) is 1. The monoisotopic (exact) mass is 290 g/mol. The van der Waals surface area contributed by atoms with E-state index in [4.69, 9.17) is 4.74 Å². The van der Waals surface area contributed by atoms with Crippen LogP contribution < -0.4 is 10.1 Å². The number of hydrogen-bond acceptors (Lipinski definition) is 3. The highest BCUT2D eigenvalue weighted by atomic mass is 16.5. The lowest BCUT2D eigenvalue weighted by Crippen LogP contribution is -2.35. The summed E-state index contributed by atoms with van der Waals surface area (Å²) in [5.41, 5.74) is 1.48. The Balaban J connectivity index is 2.68. The molecule has 5 heteroatoms. The first kappa shape index (κ1) is 16.8. The lowest BCUT2D eigenvalue weighted by atomic mass is 10.3. The third-order valence-electron chi connectivity index (χ3n) is 2.74. The van der Waals surface area contributed by atoms with Crippen LogP contribution in [0.15, 0.2) is 36.4 Å². The molecule has 0 atom stereocenters. The van der Waals surface area contributed by atoms with Crippen molar-refractivity contribution in [2.24, 2.45) is 0 Å². The molecule has 0 heterocycles. The van der Waals surface area contributed by atoms with Crippen molar-refractivity contribution < 1.29 is 14.3 Å². The number of carbonyl (C=O) groups excluding carboxylic acids is 2. The number of rotatable bonds is 7. The summed E-state index contributed by atoms with van der Waals surface area (Å²) in [6.07, 6.45) is 0. The molecule has 0 aromatic heterocycles. The molecule has 0 unspecified atom stereocenters. The van der Waals surface area contributed by atoms with Gasteiger partial charge in [0.05, 0.1) is 5.69 Å². The molecule has 0 fully saturated rings. The summed E-state index contributed by atoms with van der Waals surface area (Å²) in [6, 6.07) is 7.02. The van der Waals surface area contributed by atoms with E-state index >= 15 is 0 Å². The second-order valence-corrected chi connectivity index (χ2v) is 4.83. The van der Waals surface area contributed by atoms with E-state index in [9.17, 15) is 9.59 Å². The summed E-state index contributed by atoms with van der Waals surface area (Å²) in [5.74, 6) is 0.181. The quantitative estimate of drug-likeness (QED) is 0.785. The fourth-order valence-electron chi connectivity index (χ4n) is 1.82. The van der Waals surface area contributed by atoms with Gasteiger partial charge in [-0.15, -0.1) is 0 Å². The van der Waals surface area contributed by atoms with Crippen molar-refractivity contribution in [2.45, 2.75) is 20.8 Å². The molecule has 0 aliphatic rings. The van der Waals surface area contributed by atoms with E-state index in [-0.39, 0.29) is 18.4 Å². The standard InChI is InChI=1S/C16H22N2O3/c1-5-18(10-12(2)3)16(20)11-21-15-9-7-6-8-14(15)17-13(4)19/h6-9H,2,5,10-11H2,1,3-4H3,(H,17,19). The lowest BCUT2D eigenvalue weighted by Gasteiger charge is -2.21. The normalized spacial score (nSPS) is 9.86. The molecule has 0 saturated carbocycles. The fraction of sp³-hybridized carbons (Fsp3) is 0.375. The summed E-state index contributed by atoms with van der Waals surface area (Å²) in [4.78, 5) is 24.9. The van der Waals surface area contributed by atoms with Gasteiger partial charge in [0.25, 0.3) is 5.91 Å². The number of para-hydroxylation sites is 2. The number of benzene rings is 1. The van der Waals surface area contributed by atoms with Crippen molar-refractivity contribution in [2.75, 3.05) is 25.0 Å². The molecule has 0 saturated heterocycles. The number of likely N-dealkylation sites (N-methyl/N-ethyl adjacent to an activating group) is 1. The molecule has 1 N–H and O–H groups in total. The van der Waals surface area contributed by atoms with Gasteiger partial charge in [-0.1, -0.05) is 24.3 Å². The third-order valence-corrected chi connectivity index (χ3v) is 2.74. The van der Waals surface area contributed by atoms with E-state index < -0.39 is 0 Å². The fourth-order valence-corrected chi connectivity index (χ4v) is 1.82. The van der Waals surface area contributed by atoms with Gasteiger partial charge in [-0.3, -0.25) is 9.59 Å². The first-order valence-electron chi connectivity index (χ1n) is 6.85. The first-order valence-corrected chi connectivity index (χ1v) is 6.85. The number of carbonyl (C=O) groups is 2. The van der Waals surface area contributed by atoms with Crippen molar-refractivity contribution in [1.82, 2.24) is 4.90 Å². The minimum atomic E-state index is -0.185. The predicted octanol–water partition coefficient (Wildman–Crippen LogP) is 2.45. The molecule has 0 aliphatic carbocycles. The molecule has 0 aliphatic heterocycles. The minimum Gasteiger partial charge on any atom is -0.482 e. The Kier molecular flexibility index (Phi) is 6.46. The van der Waals surface area contributed by atoms with E-state index in [0.29, 0.717) is 24.5 Å². The van der Waals surface area contributed by atoms with Crippen molar-refractivity contribution >= 4 is 17.5 Å². The smallest absolute Gasteiger partial charge is 0.260 e. The Morgan fingerprint density at radius 1 is 1.29 bits per heavy atom. The summed E-state index contributed by atoms with van der Waals surface area (Å²) in [5, 5.41) is 2.67. The van der Waals surface area contributed by atoms with Gasteiger partial charge in [-0.05, 0) is 26.0 Å². The van der Waals surface area contributed by atoms with Gasteiger partial charge >= 0.3 is 0 Å². The molecule has 0 bridgehead atoms. The van der Waals surface area contributed by atoms with Crippen LogP contribution in [0.1, 0.15) is 20.8 Å². The summed E-state index contributed by atoms with van der Waals surface area (Å²) in [6.45, 7) is 10.1. The van der Waals surface area contributed by atoms with Crippen LogP contribution in [0, 0.1) is 0 Å². The topological polar surface area (TPSA) is 58.6 Å². The maximum atomic E-state index is 12.1. The Labute approximate surface area is 125 Å². The number of nitrogens with zero attached hydrogens (tertiary/aromatic N) is 1. The highest BCUT2D eigenvalue weighted by molar-refractivity contribution is 5.90. The second kappa shape index (κ2) is 8.09. The van der Waals surface area contributed by atoms with Gasteiger partial charge in [0, 0.05) is 20.0 Å². The van der Waals surface area contributed by atoms with E-state index in [1.807, 2.05) is 13.8 Å². The molecular formula is C16H22N2O3. The zero-order valence-electron chi connectivity index (χ0n) is 12.8. The molecule has 1 rings (SSSR count). The lowest BCUT2D eigenvalue weighted by molar-refractivity contribution is -0.132. The average Bonchev–Trinajstić information content (AvgIpc) is 2.42. The molecule has 0 spiro atoms. The van der Waals surface area contributed by atoms with Crippen LogP contribution in [0.4, 0.5) is 5.69 Å². The Hall–Kier alpha value is -2.30. The Morgan fingerprint density at radius 3 is 2.52 bits per heavy atom. The second-order valence-electron chi connectivity index (χ2n) is 4.83. The van der Waals surface area contributed by atoms with E-state index in [2.05, 4.69) is 11.9 Å². The zero-order valence-corrected chi connectivity index (χ0v) is 12.8. The van der Waals surface area contributed by atoms with Gasteiger partial charge in [0.1, 0.15) is 5.75 Å². The summed E-state index contributed by atoms with van der Waals surface area (Å²) >= 11 is 0. The van der Waals surface area contributed by atoms with Gasteiger partial charge in [-0.2, -0.15) is 0 Å². The maximum Gasteiger partial charge on any atom is 0.260 e. The highest BCUT2D eigenvalue weighted by Gasteiger charge is 2.13. The maximum absolute atomic E-state index is 12.1. The van der Waals surface area contributed by atoms with Crippen molar-refractivity contribution in [3.8, 4) is 5.75 Å². The van der Waals surface area contributed by atoms with E-state index in [1.165, 1.54) is 6.92 Å². The van der Waals surface area contributed by atoms with Crippen LogP contribution in [0.3, 0.4) is 0 Å². The van der Waals surface area contributed by atoms with Crippen molar-refractivity contribution in [3.63, 3.8) is 0 Å². The molecule has 1 aromatic rings. The average molecular weight is 290 g/mol. The first-order chi connectivity index (χ1) is 9.93. The molecule has 21 heavy (non-hydrogen) atoms. The molecule has 114 valence electrons. The molecular weight excluding hydrogens is 268 g/mol. The molecule has 2 amide bonds. The molecule has 0 radical (unpaired) electrons. The van der Waals surface area contributed by atoms with Crippen LogP contribution in [0.2, 0.25) is 0 Å². The van der Waals surface area contributed by atoms with Gasteiger partial charge in [0.15, 0.2) is 6.61 Å². The highest BCUT2D eigenvalue weighted by Crippen LogP contribution is 2.23. The van der Waals surface area contributed by atoms with Crippen molar-refractivity contribution in [1.29, 1.82) is 0 Å². The third kappa shape index (κ3) is 5.69. The Bertz CT molecular complexity index is 526. The van der Waals surface area contributed by atoms with Gasteiger partial charge in [-0.25, -0.2) is 0 Å². The van der Waals surface area contributed by atoms with Crippen LogP contribution in [-0.2, 0) is 9.59 Å². The predicted molar refractivity (Wildman–Crippen MR) is 83.3 cm³/mol. The Morgan fingerprint density at radius 2 is 1.95 bits per heavy atom.